The van der Waals surface area contributed by atoms with Crippen LogP contribution in [0.15, 0.2) is 61.1 Å². The minimum Gasteiger partial charge on any atom is -0.397 e. The Balaban J connectivity index is 1.14. The average molecular weight is 623 g/mol. The van der Waals surface area contributed by atoms with E-state index in [1.807, 2.05) is 29.2 Å². The Bertz CT molecular complexity index is 1690. The topological polar surface area (TPSA) is 121 Å². The number of amides is 1. The summed E-state index contributed by atoms with van der Waals surface area (Å²) in [4.78, 5) is 28.2. The van der Waals surface area contributed by atoms with Crippen LogP contribution in [0, 0.1) is 5.92 Å². The second kappa shape index (κ2) is 12.2. The molecule has 0 saturated carbocycles. The first kappa shape index (κ1) is 29.5. The molecule has 2 aliphatic rings. The standard InChI is InChI=1S/C31H30ClF3N8O/c32-24-17-38-30-40-22-12-19(15-37-16-22)4-5-20-14-21(39-29(24)42-30)6-7-25(20)41-27(44)13-18-8-10-43(11-9-18)26-3-1-2-23(28(26)36)31(33,34)35/h1-3,6-7,12,14-18H,4-5,8-11,13,36H2,(H,41,44)(H2,38,39,40,42). The Morgan fingerprint density at radius 3 is 2.66 bits per heavy atom. The third-order valence-electron chi connectivity index (χ3n) is 7.94. The van der Waals surface area contributed by atoms with Crippen molar-refractivity contribution in [1.29, 1.82) is 0 Å². The minimum absolute atomic E-state index is 0.0969. The molecule has 2 aromatic heterocycles. The van der Waals surface area contributed by atoms with Gasteiger partial charge in [-0.05, 0) is 79.1 Å². The maximum absolute atomic E-state index is 13.3. The Labute approximate surface area is 257 Å². The number of benzene rings is 2. The number of pyridine rings is 1. The van der Waals surface area contributed by atoms with Crippen molar-refractivity contribution in [2.24, 2.45) is 5.92 Å². The van der Waals surface area contributed by atoms with E-state index in [2.05, 4.69) is 30.9 Å². The molecule has 0 unspecified atom stereocenters. The lowest BCUT2D eigenvalue weighted by Crippen LogP contribution is -2.35. The zero-order chi connectivity index (χ0) is 30.8. The maximum atomic E-state index is 13.3. The van der Waals surface area contributed by atoms with Gasteiger partial charge in [0.05, 0.1) is 35.0 Å². The minimum atomic E-state index is -4.51. The highest BCUT2D eigenvalue weighted by Gasteiger charge is 2.34. The maximum Gasteiger partial charge on any atom is 0.418 e. The average Bonchev–Trinajstić information content (AvgIpc) is 2.99. The van der Waals surface area contributed by atoms with E-state index in [1.54, 1.807) is 18.5 Å². The molecule has 228 valence electrons. The fraction of sp³-hybridized carbons (Fsp3) is 0.290. The molecule has 0 aliphatic carbocycles. The number of carbonyl (C=O) groups is 1. The summed E-state index contributed by atoms with van der Waals surface area (Å²) < 4.78 is 40.0. The molecule has 0 spiro atoms. The van der Waals surface area contributed by atoms with Gasteiger partial charge in [0.25, 0.3) is 0 Å². The van der Waals surface area contributed by atoms with Crippen LogP contribution < -0.4 is 26.6 Å². The lowest BCUT2D eigenvalue weighted by atomic mass is 9.92. The summed E-state index contributed by atoms with van der Waals surface area (Å²) in [6.45, 7) is 1.04. The number of nitrogens with two attached hydrogens (primary N) is 1. The zero-order valence-electron chi connectivity index (χ0n) is 23.6. The quantitative estimate of drug-likeness (QED) is 0.180. The van der Waals surface area contributed by atoms with Gasteiger partial charge in [-0.2, -0.15) is 18.2 Å². The number of fused-ring (bicyclic) bond motifs is 6. The normalized spacial score (nSPS) is 15.2. The van der Waals surface area contributed by atoms with Crippen molar-refractivity contribution in [3.63, 3.8) is 0 Å². The van der Waals surface area contributed by atoms with E-state index < -0.39 is 11.7 Å². The van der Waals surface area contributed by atoms with E-state index >= 15 is 0 Å². The van der Waals surface area contributed by atoms with Crippen LogP contribution in [-0.2, 0) is 23.8 Å². The second-order valence-corrected chi connectivity index (χ2v) is 11.4. The van der Waals surface area contributed by atoms with E-state index in [-0.39, 0.29) is 17.5 Å². The molecule has 1 amide bonds. The molecule has 0 atom stereocenters. The summed E-state index contributed by atoms with van der Waals surface area (Å²) in [7, 11) is 0. The number of nitrogens with zero attached hydrogens (tertiary/aromatic N) is 4. The highest BCUT2D eigenvalue weighted by molar-refractivity contribution is 6.32. The van der Waals surface area contributed by atoms with Crippen molar-refractivity contribution < 1.29 is 18.0 Å². The smallest absolute Gasteiger partial charge is 0.397 e. The molecule has 2 aliphatic heterocycles. The van der Waals surface area contributed by atoms with Crippen molar-refractivity contribution in [2.75, 3.05) is 39.7 Å². The van der Waals surface area contributed by atoms with Gasteiger partial charge in [0.1, 0.15) is 5.02 Å². The molecule has 0 radical (unpaired) electrons. The largest absolute Gasteiger partial charge is 0.418 e. The molecule has 9 nitrogen and oxygen atoms in total. The molecule has 2 aromatic carbocycles. The van der Waals surface area contributed by atoms with Crippen LogP contribution in [-0.4, -0.2) is 33.9 Å². The molecule has 44 heavy (non-hydrogen) atoms. The number of rotatable bonds is 4. The number of halogens is 4. The van der Waals surface area contributed by atoms with Crippen LogP contribution in [0.1, 0.15) is 36.0 Å². The van der Waals surface area contributed by atoms with Gasteiger partial charge in [0.2, 0.25) is 11.9 Å². The van der Waals surface area contributed by atoms with Gasteiger partial charge in [-0.25, -0.2) is 4.98 Å². The van der Waals surface area contributed by atoms with Crippen LogP contribution in [0.2, 0.25) is 5.02 Å². The third kappa shape index (κ3) is 6.65. The Hall–Kier alpha value is -4.58. The lowest BCUT2D eigenvalue weighted by Gasteiger charge is -2.34. The number of anilines is 7. The van der Waals surface area contributed by atoms with Crippen molar-refractivity contribution in [2.45, 2.75) is 38.3 Å². The van der Waals surface area contributed by atoms with Crippen molar-refractivity contribution in [3.8, 4) is 0 Å². The number of aryl methyl sites for hydroxylation is 2. The number of alkyl halides is 3. The first-order valence-corrected chi connectivity index (χ1v) is 14.6. The van der Waals surface area contributed by atoms with Crippen LogP contribution in [0.3, 0.4) is 0 Å². The molecule has 4 heterocycles. The Morgan fingerprint density at radius 1 is 1.05 bits per heavy atom. The van der Waals surface area contributed by atoms with Gasteiger partial charge in [0.15, 0.2) is 5.82 Å². The molecule has 6 rings (SSSR count). The summed E-state index contributed by atoms with van der Waals surface area (Å²) in [6.07, 6.45) is 3.47. The van der Waals surface area contributed by atoms with E-state index in [1.165, 1.54) is 12.3 Å². The summed E-state index contributed by atoms with van der Waals surface area (Å²) in [5.41, 5.74) is 9.35. The van der Waals surface area contributed by atoms with E-state index in [0.717, 1.165) is 28.6 Å². The van der Waals surface area contributed by atoms with Gasteiger partial charge < -0.3 is 26.6 Å². The molecule has 5 N–H and O–H groups in total. The fourth-order valence-electron chi connectivity index (χ4n) is 5.67. The predicted octanol–water partition coefficient (Wildman–Crippen LogP) is 6.96. The summed E-state index contributed by atoms with van der Waals surface area (Å²) in [6, 6.07) is 11.6. The number of nitrogens with one attached hydrogen (secondary N) is 3. The Morgan fingerprint density at radius 2 is 1.86 bits per heavy atom. The van der Waals surface area contributed by atoms with Gasteiger partial charge in [-0.15, -0.1) is 0 Å². The number of piperidine rings is 1. The third-order valence-corrected chi connectivity index (χ3v) is 8.21. The SMILES string of the molecule is Nc1c(N2CCC(CC(=O)Nc3ccc4cc3CCc3cncc(c3)Nc3ncc(Cl)c(n3)N4)CC2)cccc1C(F)(F)F. The van der Waals surface area contributed by atoms with Gasteiger partial charge in [-0.3, -0.25) is 9.78 Å². The van der Waals surface area contributed by atoms with Crippen molar-refractivity contribution in [3.05, 3.63) is 82.8 Å². The number of nitrogen functional groups attached to an aromatic ring is 1. The van der Waals surface area contributed by atoms with Gasteiger partial charge in [0, 0.05) is 37.1 Å². The van der Waals surface area contributed by atoms with E-state index in [9.17, 15) is 18.0 Å². The highest BCUT2D eigenvalue weighted by atomic mass is 35.5. The monoisotopic (exact) mass is 622 g/mol. The van der Waals surface area contributed by atoms with Crippen LogP contribution in [0.25, 0.3) is 0 Å². The molecular weight excluding hydrogens is 593 g/mol. The molecule has 13 heteroatoms. The number of hydrogen-bond acceptors (Lipinski definition) is 8. The fourth-order valence-corrected chi connectivity index (χ4v) is 5.81. The molecule has 1 fully saturated rings. The second-order valence-electron chi connectivity index (χ2n) is 11.0. The van der Waals surface area contributed by atoms with Crippen LogP contribution in [0.5, 0.6) is 0 Å². The first-order chi connectivity index (χ1) is 21.1. The van der Waals surface area contributed by atoms with Gasteiger partial charge in [-0.1, -0.05) is 17.7 Å². The number of hydrogen-bond donors (Lipinski definition) is 4. The van der Waals surface area contributed by atoms with Crippen LogP contribution >= 0.6 is 11.6 Å². The Kier molecular flexibility index (Phi) is 8.17. The van der Waals surface area contributed by atoms with E-state index in [0.29, 0.717) is 73.4 Å². The summed E-state index contributed by atoms with van der Waals surface area (Å²) in [5, 5.41) is 9.86. The lowest BCUT2D eigenvalue weighted by molar-refractivity contribution is -0.136. The molecule has 4 aromatic rings. The summed E-state index contributed by atoms with van der Waals surface area (Å²) in [5.74, 6) is 0.801. The van der Waals surface area contributed by atoms with Crippen molar-refractivity contribution in [1.82, 2.24) is 15.0 Å². The van der Waals surface area contributed by atoms with Gasteiger partial charge >= 0.3 is 6.18 Å². The number of carbonyl (C=O) groups excluding carboxylic acids is 1. The van der Waals surface area contributed by atoms with Crippen LogP contribution in [0.4, 0.5) is 53.4 Å². The zero-order valence-corrected chi connectivity index (χ0v) is 24.3. The molecule has 6 bridgehead atoms. The van der Waals surface area contributed by atoms with E-state index in [4.69, 9.17) is 17.3 Å². The first-order valence-electron chi connectivity index (χ1n) is 14.3. The highest BCUT2D eigenvalue weighted by Crippen LogP contribution is 2.39. The predicted molar refractivity (Wildman–Crippen MR) is 166 cm³/mol. The molecular formula is C31H30ClF3N8O. The number of aromatic nitrogens is 3. The molecule has 1 saturated heterocycles. The summed E-state index contributed by atoms with van der Waals surface area (Å²) >= 11 is 6.36. The number of para-hydroxylation sites is 1. The van der Waals surface area contributed by atoms with Crippen molar-refractivity contribution >= 4 is 57.7 Å².